The lowest BCUT2D eigenvalue weighted by Crippen LogP contribution is -2.56. The van der Waals surface area contributed by atoms with Crippen molar-refractivity contribution in [1.29, 1.82) is 0 Å². The van der Waals surface area contributed by atoms with E-state index in [1.807, 2.05) is 0 Å². The highest BCUT2D eigenvalue weighted by molar-refractivity contribution is 5.10. The Kier molecular flexibility index (Phi) is 4.63. The Morgan fingerprint density at radius 2 is 2.11 bits per heavy atom. The van der Waals surface area contributed by atoms with E-state index < -0.39 is 0 Å². The van der Waals surface area contributed by atoms with E-state index in [9.17, 15) is 0 Å². The quantitative estimate of drug-likeness (QED) is 0.818. The van der Waals surface area contributed by atoms with Crippen LogP contribution in [0.15, 0.2) is 6.07 Å². The summed E-state index contributed by atoms with van der Waals surface area (Å²) in [6, 6.07) is 2.24. The van der Waals surface area contributed by atoms with Crippen LogP contribution in [0, 0.1) is 0 Å². The highest BCUT2D eigenvalue weighted by Crippen LogP contribution is 2.35. The Labute approximate surface area is 117 Å². The molecule has 4 heteroatoms. The van der Waals surface area contributed by atoms with Gasteiger partial charge in [0, 0.05) is 25.2 Å². The molecule has 4 nitrogen and oxygen atoms in total. The Hall–Kier alpha value is -0.870. The van der Waals surface area contributed by atoms with Gasteiger partial charge in [-0.05, 0) is 52.8 Å². The molecule has 0 saturated heterocycles. The fourth-order valence-electron chi connectivity index (χ4n) is 2.89. The fraction of sp³-hybridized carbons (Fsp3) is 0.800. The molecule has 0 aromatic carbocycles. The summed E-state index contributed by atoms with van der Waals surface area (Å²) in [5.74, 6) is 0. The van der Waals surface area contributed by atoms with E-state index in [0.717, 1.165) is 26.1 Å². The van der Waals surface area contributed by atoms with Crippen molar-refractivity contribution in [2.75, 3.05) is 20.6 Å². The summed E-state index contributed by atoms with van der Waals surface area (Å²) in [5.41, 5.74) is 2.90. The number of nitrogens with zero attached hydrogens (tertiary/aromatic N) is 3. The summed E-state index contributed by atoms with van der Waals surface area (Å²) in [5, 5.41) is 8.23. The molecule has 0 unspecified atom stereocenters. The maximum absolute atomic E-state index is 4.60. The van der Waals surface area contributed by atoms with Crippen LogP contribution in [0.2, 0.25) is 0 Å². The third-order valence-corrected chi connectivity index (χ3v) is 4.57. The third-order valence-electron chi connectivity index (χ3n) is 4.57. The van der Waals surface area contributed by atoms with Crippen molar-refractivity contribution >= 4 is 0 Å². The number of aryl methyl sites for hydroxylation is 2. The number of likely N-dealkylation sites (N-methyl/N-ethyl adjacent to an activating group) is 1. The predicted octanol–water partition coefficient (Wildman–Crippen LogP) is 2.04. The van der Waals surface area contributed by atoms with Gasteiger partial charge in [-0.15, -0.1) is 0 Å². The molecule has 108 valence electrons. The molecule has 19 heavy (non-hydrogen) atoms. The number of hydrogen-bond acceptors (Lipinski definition) is 3. The van der Waals surface area contributed by atoms with Crippen molar-refractivity contribution in [3.8, 4) is 0 Å². The normalized spacial score (nSPS) is 17.7. The maximum Gasteiger partial charge on any atom is 0.0625 e. The van der Waals surface area contributed by atoms with Crippen LogP contribution in [-0.2, 0) is 19.5 Å². The molecule has 1 fully saturated rings. The maximum atomic E-state index is 4.60. The molecule has 0 aliphatic heterocycles. The molecular weight excluding hydrogens is 236 g/mol. The molecule has 1 aromatic rings. The topological polar surface area (TPSA) is 33.1 Å². The standard InChI is InChI=1S/C15H28N4/c1-5-13-10-14(19(6-2)17-13)11-16-12-15(18(3)4)8-7-9-15/h10,16H,5-9,11-12H2,1-4H3. The van der Waals surface area contributed by atoms with Crippen molar-refractivity contribution in [3.05, 3.63) is 17.5 Å². The van der Waals surface area contributed by atoms with Crippen LogP contribution in [0.5, 0.6) is 0 Å². The Bertz CT molecular complexity index is 404. The Morgan fingerprint density at radius 3 is 2.58 bits per heavy atom. The van der Waals surface area contributed by atoms with Crippen molar-refractivity contribution < 1.29 is 0 Å². The van der Waals surface area contributed by atoms with Gasteiger partial charge in [0.15, 0.2) is 0 Å². The molecule has 1 aliphatic carbocycles. The van der Waals surface area contributed by atoms with Gasteiger partial charge in [0.2, 0.25) is 0 Å². The van der Waals surface area contributed by atoms with Gasteiger partial charge in [0.05, 0.1) is 11.4 Å². The van der Waals surface area contributed by atoms with Gasteiger partial charge in [-0.25, -0.2) is 0 Å². The van der Waals surface area contributed by atoms with Gasteiger partial charge in [-0.2, -0.15) is 5.10 Å². The molecule has 0 bridgehead atoms. The SMILES string of the molecule is CCc1cc(CNCC2(N(C)C)CCC2)n(CC)n1. The highest BCUT2D eigenvalue weighted by Gasteiger charge is 2.38. The number of rotatable bonds is 7. The van der Waals surface area contributed by atoms with Crippen LogP contribution >= 0.6 is 0 Å². The molecule has 1 heterocycles. The number of nitrogens with one attached hydrogen (secondary N) is 1. The minimum absolute atomic E-state index is 0.394. The highest BCUT2D eigenvalue weighted by atomic mass is 15.3. The first kappa shape index (κ1) is 14.5. The average Bonchev–Trinajstić information content (AvgIpc) is 2.74. The minimum Gasteiger partial charge on any atom is -0.309 e. The second-order valence-corrected chi connectivity index (χ2v) is 5.87. The van der Waals surface area contributed by atoms with Crippen LogP contribution in [0.3, 0.4) is 0 Å². The molecule has 0 radical (unpaired) electrons. The smallest absolute Gasteiger partial charge is 0.0625 e. The lowest BCUT2D eigenvalue weighted by atomic mass is 9.75. The van der Waals surface area contributed by atoms with Crippen LogP contribution in [0.25, 0.3) is 0 Å². The zero-order chi connectivity index (χ0) is 13.9. The van der Waals surface area contributed by atoms with Crippen LogP contribution in [0.1, 0.15) is 44.5 Å². The van der Waals surface area contributed by atoms with Gasteiger partial charge >= 0.3 is 0 Å². The Morgan fingerprint density at radius 1 is 1.37 bits per heavy atom. The molecule has 0 spiro atoms. The van der Waals surface area contributed by atoms with Crippen molar-refractivity contribution in [3.63, 3.8) is 0 Å². The molecule has 1 saturated carbocycles. The van der Waals surface area contributed by atoms with E-state index in [1.165, 1.54) is 30.7 Å². The molecule has 0 amide bonds. The first-order chi connectivity index (χ1) is 9.11. The van der Waals surface area contributed by atoms with Gasteiger partial charge in [0.25, 0.3) is 0 Å². The van der Waals surface area contributed by atoms with Gasteiger partial charge in [-0.1, -0.05) is 6.92 Å². The van der Waals surface area contributed by atoms with E-state index in [2.05, 4.69) is 54.0 Å². The van der Waals surface area contributed by atoms with Crippen molar-refractivity contribution in [2.24, 2.45) is 0 Å². The zero-order valence-electron chi connectivity index (χ0n) is 12.9. The van der Waals surface area contributed by atoms with E-state index in [4.69, 9.17) is 0 Å². The third kappa shape index (κ3) is 3.00. The largest absolute Gasteiger partial charge is 0.309 e. The number of aromatic nitrogens is 2. The second-order valence-electron chi connectivity index (χ2n) is 5.87. The lowest BCUT2D eigenvalue weighted by Gasteiger charge is -2.47. The number of hydrogen-bond donors (Lipinski definition) is 1. The average molecular weight is 264 g/mol. The summed E-state index contributed by atoms with van der Waals surface area (Å²) in [6.45, 7) is 7.28. The molecule has 2 rings (SSSR count). The fourth-order valence-corrected chi connectivity index (χ4v) is 2.89. The molecule has 1 aliphatic rings. The van der Waals surface area contributed by atoms with Crippen molar-refractivity contribution in [2.45, 2.75) is 58.2 Å². The molecular formula is C15H28N4. The van der Waals surface area contributed by atoms with Crippen molar-refractivity contribution in [1.82, 2.24) is 20.0 Å². The van der Waals surface area contributed by atoms with Crippen LogP contribution in [-0.4, -0.2) is 40.9 Å². The first-order valence-electron chi connectivity index (χ1n) is 7.55. The summed E-state index contributed by atoms with van der Waals surface area (Å²) >= 11 is 0. The summed E-state index contributed by atoms with van der Waals surface area (Å²) in [7, 11) is 4.40. The van der Waals surface area contributed by atoms with E-state index >= 15 is 0 Å². The van der Waals surface area contributed by atoms with Gasteiger partial charge in [0.1, 0.15) is 0 Å². The minimum atomic E-state index is 0.394. The predicted molar refractivity (Wildman–Crippen MR) is 79.3 cm³/mol. The molecule has 1 aromatic heterocycles. The van der Waals surface area contributed by atoms with Gasteiger partial charge < -0.3 is 10.2 Å². The molecule has 1 N–H and O–H groups in total. The first-order valence-corrected chi connectivity index (χ1v) is 7.55. The van der Waals surface area contributed by atoms with Crippen LogP contribution < -0.4 is 5.32 Å². The second kappa shape index (κ2) is 6.06. The zero-order valence-corrected chi connectivity index (χ0v) is 12.9. The Balaban J connectivity index is 1.90. The monoisotopic (exact) mass is 264 g/mol. The van der Waals surface area contributed by atoms with E-state index in [1.54, 1.807) is 0 Å². The summed E-state index contributed by atoms with van der Waals surface area (Å²) in [4.78, 5) is 2.39. The summed E-state index contributed by atoms with van der Waals surface area (Å²) < 4.78 is 2.12. The van der Waals surface area contributed by atoms with Gasteiger partial charge in [-0.3, -0.25) is 4.68 Å². The van der Waals surface area contributed by atoms with E-state index in [0.29, 0.717) is 5.54 Å². The lowest BCUT2D eigenvalue weighted by molar-refractivity contribution is 0.0596. The van der Waals surface area contributed by atoms with E-state index in [-0.39, 0.29) is 0 Å². The summed E-state index contributed by atoms with van der Waals surface area (Å²) in [6.07, 6.45) is 5.02. The molecule has 0 atom stereocenters. The van der Waals surface area contributed by atoms with Crippen LogP contribution in [0.4, 0.5) is 0 Å².